The molecule has 0 spiro atoms. The molecule has 9 amide bonds. The van der Waals surface area contributed by atoms with E-state index in [9.17, 15) is 68.1 Å². The van der Waals surface area contributed by atoms with Crippen LogP contribution in [0.3, 0.4) is 0 Å². The second kappa shape index (κ2) is 31.6. The van der Waals surface area contributed by atoms with Crippen LogP contribution in [0.25, 0.3) is 0 Å². The lowest BCUT2D eigenvalue weighted by atomic mass is 10.0. The number of benzene rings is 1. The van der Waals surface area contributed by atoms with E-state index in [1.54, 1.807) is 58.0 Å². The number of aliphatic carboxylic acids is 2. The van der Waals surface area contributed by atoms with Crippen LogP contribution in [0.5, 0.6) is 0 Å². The highest BCUT2D eigenvalue weighted by Gasteiger charge is 2.42. The van der Waals surface area contributed by atoms with Gasteiger partial charge in [0, 0.05) is 26.1 Å². The van der Waals surface area contributed by atoms with Crippen molar-refractivity contribution in [3.63, 3.8) is 0 Å². The Balaban J connectivity index is 1.89. The fraction of sp³-hybridized carbons (Fsp3) is 0.633. The predicted molar refractivity (Wildman–Crippen MR) is 275 cm³/mol. The molecule has 0 aromatic heterocycles. The minimum atomic E-state index is -1.82. The predicted octanol–water partition coefficient (Wildman–Crippen LogP) is -4.75. The van der Waals surface area contributed by atoms with Gasteiger partial charge < -0.3 is 84.6 Å². The number of carbonyl (C=O) groups excluding carboxylic acids is 9. The zero-order valence-electron chi connectivity index (χ0n) is 43.9. The maximum Gasteiger partial charge on any atom is 0.322 e. The molecule has 2 heterocycles. The molecule has 2 aliphatic rings. The number of aliphatic hydroxyl groups is 2. The number of nitrogens with one attached hydrogen (secondary N) is 7. The van der Waals surface area contributed by atoms with Crippen molar-refractivity contribution in [3.8, 4) is 0 Å². The van der Waals surface area contributed by atoms with Crippen LogP contribution in [-0.4, -0.2) is 195 Å². The van der Waals surface area contributed by atoms with Crippen LogP contribution in [0, 0.1) is 11.8 Å². The summed E-state index contributed by atoms with van der Waals surface area (Å²) >= 11 is 0. The quantitative estimate of drug-likeness (QED) is 0.0189. The number of rotatable bonds is 31. The molecule has 9 atom stereocenters. The smallest absolute Gasteiger partial charge is 0.322 e. The second-order valence-electron chi connectivity index (χ2n) is 19.8. The van der Waals surface area contributed by atoms with Crippen LogP contribution in [0.1, 0.15) is 91.0 Å². The van der Waals surface area contributed by atoms with E-state index >= 15 is 0 Å². The molecule has 1 aromatic rings. The van der Waals surface area contributed by atoms with Crippen LogP contribution < -0.4 is 54.4 Å². The Hall–Kier alpha value is -7.46. The summed E-state index contributed by atoms with van der Waals surface area (Å²) in [5.74, 6) is -11.3. The van der Waals surface area contributed by atoms with E-state index in [0.29, 0.717) is 18.4 Å². The van der Waals surface area contributed by atoms with E-state index in [4.69, 9.17) is 22.3 Å². The highest BCUT2D eigenvalue weighted by molar-refractivity contribution is 5.99. The van der Waals surface area contributed by atoms with Gasteiger partial charge in [-0.2, -0.15) is 0 Å². The van der Waals surface area contributed by atoms with Gasteiger partial charge in [-0.15, -0.1) is 0 Å². The van der Waals surface area contributed by atoms with E-state index in [1.807, 2.05) is 0 Å². The van der Waals surface area contributed by atoms with E-state index in [2.05, 4.69) is 42.2 Å². The van der Waals surface area contributed by atoms with Crippen LogP contribution in [-0.2, 0) is 59.2 Å². The first kappa shape index (κ1) is 63.8. The van der Waals surface area contributed by atoms with Gasteiger partial charge >= 0.3 is 11.9 Å². The minimum Gasteiger partial charge on any atom is -0.481 e. The molecule has 2 saturated heterocycles. The molecule has 0 unspecified atom stereocenters. The van der Waals surface area contributed by atoms with Gasteiger partial charge in [-0.25, -0.2) is 0 Å². The van der Waals surface area contributed by atoms with Crippen molar-refractivity contribution in [2.45, 2.75) is 146 Å². The van der Waals surface area contributed by atoms with Gasteiger partial charge in [0.15, 0.2) is 5.96 Å². The van der Waals surface area contributed by atoms with Gasteiger partial charge in [-0.05, 0) is 68.8 Å². The van der Waals surface area contributed by atoms with Gasteiger partial charge in [-0.3, -0.25) is 57.7 Å². The van der Waals surface area contributed by atoms with Crippen LogP contribution in [0.2, 0.25) is 0 Å². The molecule has 0 saturated carbocycles. The molecule has 1 aromatic carbocycles. The number of aliphatic imine (C=N–C) groups is 1. The fourth-order valence-electron chi connectivity index (χ4n) is 8.81. The van der Waals surface area contributed by atoms with E-state index in [0.717, 1.165) is 0 Å². The second-order valence-corrected chi connectivity index (χ2v) is 19.8. The number of carboxylic acid groups (broad SMARTS) is 2. The number of hydrogen-bond donors (Lipinski definition) is 14. The summed E-state index contributed by atoms with van der Waals surface area (Å²) in [5, 5.41) is 55.5. The zero-order valence-corrected chi connectivity index (χ0v) is 43.9. The Morgan fingerprint density at radius 2 is 1.09 bits per heavy atom. The largest absolute Gasteiger partial charge is 0.481 e. The average molecular weight is 1090 g/mol. The molecule has 28 heteroatoms. The lowest BCUT2D eigenvalue weighted by Gasteiger charge is -2.31. The highest BCUT2D eigenvalue weighted by atomic mass is 16.4. The summed E-state index contributed by atoms with van der Waals surface area (Å²) in [6.07, 6.45) is 0.0120. The third kappa shape index (κ3) is 20.9. The lowest BCUT2D eigenvalue weighted by molar-refractivity contribution is -0.143. The summed E-state index contributed by atoms with van der Waals surface area (Å²) in [6, 6.07) is -3.96. The van der Waals surface area contributed by atoms with Crippen molar-refractivity contribution in [2.24, 2.45) is 34.0 Å². The number of carboxylic acids is 2. The normalized spacial score (nSPS) is 17.8. The molecule has 0 aliphatic carbocycles. The Kier molecular flexibility index (Phi) is 26.2. The topological polar surface area (TPSA) is 450 Å². The molecule has 28 nitrogen and oxygen atoms in total. The molecule has 17 N–H and O–H groups in total. The van der Waals surface area contributed by atoms with Crippen LogP contribution in [0.15, 0.2) is 35.3 Å². The number of aliphatic hydroxyl groups excluding tert-OH is 2. The Morgan fingerprint density at radius 1 is 0.610 bits per heavy atom. The maximum atomic E-state index is 14.5. The van der Waals surface area contributed by atoms with Crippen LogP contribution >= 0.6 is 0 Å². The molecule has 3 rings (SSSR count). The Bertz CT molecular complexity index is 2270. The molecule has 2 aliphatic heterocycles. The summed E-state index contributed by atoms with van der Waals surface area (Å²) in [6.45, 7) is 4.85. The van der Waals surface area contributed by atoms with E-state index in [1.165, 1.54) is 9.80 Å². The standard InChI is InChI=1S/C49H77N13O15/c1-26(2)19-31(56-44(73)34(22-38(65)66)57-43(72)33(21-28-11-6-5-7-12-28)59-45(74)36-14-9-17-61(36)47(76)29(50)24-63)41(70)55-30(13-8-16-53-49(51)52)48(77)62-18-10-15-37(62)46(75)58-32(20-27(3)4)42(71)60-35(25-64)40(69)54-23-39(67)68/h5-7,11-12,26-27,29-37,63-64H,8-10,13-25,50H2,1-4H3,(H,54,69)(H,55,70)(H,56,73)(H,57,72)(H,58,75)(H,59,74)(H,60,71)(H,65,66)(H,67,68)(H4,51,52,53)/t29-,30-,31-,32-,33-,34-,35-,36-,37-/m0/s1. The number of nitrogens with zero attached hydrogens (tertiary/aromatic N) is 3. The maximum absolute atomic E-state index is 14.5. The molecule has 428 valence electrons. The minimum absolute atomic E-state index is 0.0183. The van der Waals surface area contributed by atoms with Crippen molar-refractivity contribution in [1.82, 2.24) is 47.0 Å². The summed E-state index contributed by atoms with van der Waals surface area (Å²) in [5.41, 5.74) is 17.4. The first-order chi connectivity index (χ1) is 36.4. The first-order valence-electron chi connectivity index (χ1n) is 25.6. The number of hydrogen-bond acceptors (Lipinski definition) is 15. The van der Waals surface area contributed by atoms with Crippen LogP contribution in [0.4, 0.5) is 0 Å². The first-order valence-corrected chi connectivity index (χ1v) is 25.6. The summed E-state index contributed by atoms with van der Waals surface area (Å²) < 4.78 is 0. The van der Waals surface area contributed by atoms with Gasteiger partial charge in [-0.1, -0.05) is 58.0 Å². The zero-order chi connectivity index (χ0) is 57.5. The molecule has 2 fully saturated rings. The lowest BCUT2D eigenvalue weighted by Crippen LogP contribution is -2.61. The monoisotopic (exact) mass is 1090 g/mol. The summed E-state index contributed by atoms with van der Waals surface area (Å²) in [7, 11) is 0. The van der Waals surface area contributed by atoms with Crippen molar-refractivity contribution in [3.05, 3.63) is 35.9 Å². The Morgan fingerprint density at radius 3 is 1.60 bits per heavy atom. The van der Waals surface area contributed by atoms with Crippen molar-refractivity contribution in [2.75, 3.05) is 39.4 Å². The fourth-order valence-corrected chi connectivity index (χ4v) is 8.81. The van der Waals surface area contributed by atoms with Crippen molar-refractivity contribution < 1.29 is 73.2 Å². The average Bonchev–Trinajstić information content (AvgIpc) is 4.08. The van der Waals surface area contributed by atoms with Gasteiger partial charge in [0.2, 0.25) is 53.2 Å². The number of amides is 9. The third-order valence-corrected chi connectivity index (χ3v) is 12.6. The highest BCUT2D eigenvalue weighted by Crippen LogP contribution is 2.22. The number of carbonyl (C=O) groups is 11. The van der Waals surface area contributed by atoms with E-state index < -0.39 is 146 Å². The van der Waals surface area contributed by atoms with Gasteiger partial charge in [0.05, 0.1) is 19.6 Å². The number of likely N-dealkylation sites (tertiary alicyclic amines) is 2. The van der Waals surface area contributed by atoms with Gasteiger partial charge in [0.25, 0.3) is 0 Å². The number of guanidine groups is 1. The molecule has 0 bridgehead atoms. The Labute approximate surface area is 445 Å². The number of nitrogens with two attached hydrogens (primary N) is 3. The van der Waals surface area contributed by atoms with Gasteiger partial charge in [0.1, 0.15) is 60.9 Å². The SMILES string of the molecule is CC(C)C[C@H](NC(=O)[C@H](CC(=O)O)NC(=O)[C@H](Cc1ccccc1)NC(=O)[C@@H]1CCCN1C(=O)[C@@H](N)CO)C(=O)N[C@@H](CCCN=C(N)N)C(=O)N1CCC[C@H]1C(=O)N[C@@H](CC(C)C)C(=O)N[C@@H](CO)C(=O)NCC(=O)O. The van der Waals surface area contributed by atoms with E-state index in [-0.39, 0.29) is 82.4 Å². The molecular weight excluding hydrogens is 1010 g/mol. The molecule has 0 radical (unpaired) electrons. The third-order valence-electron chi connectivity index (χ3n) is 12.6. The molecular formula is C49H77N13O15. The van der Waals surface area contributed by atoms with Crippen molar-refractivity contribution >= 4 is 71.1 Å². The summed E-state index contributed by atoms with van der Waals surface area (Å²) in [4.78, 5) is 153. The molecule has 77 heavy (non-hydrogen) atoms. The van der Waals surface area contributed by atoms with Crippen molar-refractivity contribution in [1.29, 1.82) is 0 Å².